The van der Waals surface area contributed by atoms with Crippen LogP contribution in [-0.2, 0) is 0 Å². The Balaban J connectivity index is 2.07. The smallest absolute Gasteiger partial charge is 0.319 e. The quantitative estimate of drug-likeness (QED) is 0.669. The monoisotopic (exact) mass is 260 g/mol. The lowest BCUT2D eigenvalue weighted by Gasteiger charge is -2.11. The highest BCUT2D eigenvalue weighted by Gasteiger charge is 2.07. The minimum absolute atomic E-state index is 0.00704. The first-order valence-electron chi connectivity index (χ1n) is 6.02. The minimum Gasteiger partial charge on any atom is -0.394 e. The molecule has 4 N–H and O–H groups in total. The molecule has 0 radical (unpaired) electrons. The van der Waals surface area contributed by atoms with Crippen LogP contribution in [0.4, 0.5) is 10.5 Å². The number of rotatable bonds is 4. The Morgan fingerprint density at radius 1 is 1.16 bits per heavy atom. The number of fused-ring (bicyclic) bond motifs is 1. The van der Waals surface area contributed by atoms with E-state index in [-0.39, 0.29) is 13.2 Å². The molecule has 100 valence electrons. The number of anilines is 1. The largest absolute Gasteiger partial charge is 0.394 e. The fourth-order valence-electron chi connectivity index (χ4n) is 1.78. The highest BCUT2D eigenvalue weighted by Crippen LogP contribution is 2.22. The van der Waals surface area contributed by atoms with Gasteiger partial charge in [0, 0.05) is 11.9 Å². The standard InChI is InChI=1S/C14H16N2O3/c17-9-11(18)8-15-14(19)16-13-7-3-5-10-4-1-2-6-12(10)13/h1-7,11,17-18H,8-9H2,(H2,15,16,19)/t11-/m1/s1. The molecular formula is C14H16N2O3. The van der Waals surface area contributed by atoms with Gasteiger partial charge in [-0.25, -0.2) is 4.79 Å². The van der Waals surface area contributed by atoms with Gasteiger partial charge in [0.05, 0.1) is 18.4 Å². The second-order valence-electron chi connectivity index (χ2n) is 4.20. The maximum Gasteiger partial charge on any atom is 0.319 e. The van der Waals surface area contributed by atoms with Crippen molar-refractivity contribution in [1.82, 2.24) is 5.32 Å². The van der Waals surface area contributed by atoms with Crippen LogP contribution in [0.5, 0.6) is 0 Å². The van der Waals surface area contributed by atoms with Crippen LogP contribution in [0.25, 0.3) is 10.8 Å². The summed E-state index contributed by atoms with van der Waals surface area (Å²) in [6.45, 7) is -0.373. The van der Waals surface area contributed by atoms with Crippen molar-refractivity contribution in [1.29, 1.82) is 0 Å². The normalized spacial score (nSPS) is 12.1. The molecule has 5 heteroatoms. The van der Waals surface area contributed by atoms with Crippen molar-refractivity contribution in [2.24, 2.45) is 0 Å². The zero-order valence-corrected chi connectivity index (χ0v) is 10.3. The van der Waals surface area contributed by atoms with Gasteiger partial charge in [-0.05, 0) is 11.5 Å². The zero-order valence-electron chi connectivity index (χ0n) is 10.3. The molecule has 0 aliphatic carbocycles. The van der Waals surface area contributed by atoms with Crippen LogP contribution in [0.1, 0.15) is 0 Å². The summed E-state index contributed by atoms with van der Waals surface area (Å²) >= 11 is 0. The van der Waals surface area contributed by atoms with E-state index in [9.17, 15) is 4.79 Å². The first kappa shape index (κ1) is 13.3. The molecule has 0 fully saturated rings. The molecule has 0 bridgehead atoms. The zero-order chi connectivity index (χ0) is 13.7. The molecule has 0 aliphatic rings. The summed E-state index contributed by atoms with van der Waals surface area (Å²) in [5.74, 6) is 0. The lowest BCUT2D eigenvalue weighted by Crippen LogP contribution is -2.36. The number of amides is 2. The Morgan fingerprint density at radius 2 is 1.89 bits per heavy atom. The number of aliphatic hydroxyl groups excluding tert-OH is 2. The molecule has 0 saturated carbocycles. The van der Waals surface area contributed by atoms with E-state index in [2.05, 4.69) is 10.6 Å². The van der Waals surface area contributed by atoms with Gasteiger partial charge in [-0.3, -0.25) is 0 Å². The van der Waals surface area contributed by atoms with E-state index in [1.807, 2.05) is 42.5 Å². The molecule has 0 heterocycles. The van der Waals surface area contributed by atoms with Gasteiger partial charge >= 0.3 is 6.03 Å². The summed E-state index contributed by atoms with van der Waals surface area (Å²) in [7, 11) is 0. The molecule has 2 aromatic rings. The number of benzene rings is 2. The van der Waals surface area contributed by atoms with Crippen LogP contribution >= 0.6 is 0 Å². The average Bonchev–Trinajstić information content (AvgIpc) is 2.45. The number of nitrogens with one attached hydrogen (secondary N) is 2. The lowest BCUT2D eigenvalue weighted by molar-refractivity contribution is 0.0965. The predicted molar refractivity (Wildman–Crippen MR) is 74.1 cm³/mol. The van der Waals surface area contributed by atoms with Crippen LogP contribution in [0.3, 0.4) is 0 Å². The van der Waals surface area contributed by atoms with E-state index < -0.39 is 12.1 Å². The average molecular weight is 260 g/mol. The second-order valence-corrected chi connectivity index (χ2v) is 4.20. The fourth-order valence-corrected chi connectivity index (χ4v) is 1.78. The highest BCUT2D eigenvalue weighted by atomic mass is 16.3. The number of hydrogen-bond donors (Lipinski definition) is 4. The molecule has 2 amide bonds. The summed E-state index contributed by atoms with van der Waals surface area (Å²) in [4.78, 5) is 11.7. The summed E-state index contributed by atoms with van der Waals surface area (Å²) < 4.78 is 0. The molecule has 0 unspecified atom stereocenters. The number of urea groups is 1. The van der Waals surface area contributed by atoms with E-state index in [1.54, 1.807) is 0 Å². The number of hydrogen-bond acceptors (Lipinski definition) is 3. The Kier molecular flexibility index (Phi) is 4.33. The summed E-state index contributed by atoms with van der Waals surface area (Å²) in [5, 5.41) is 25.0. The maximum atomic E-state index is 11.7. The predicted octanol–water partition coefficient (Wildman–Crippen LogP) is 1.31. The second kappa shape index (κ2) is 6.17. The minimum atomic E-state index is -0.946. The number of carbonyl (C=O) groups is 1. The fraction of sp³-hybridized carbons (Fsp3) is 0.214. The highest BCUT2D eigenvalue weighted by molar-refractivity contribution is 6.01. The van der Waals surface area contributed by atoms with Crippen LogP contribution in [-0.4, -0.2) is 35.5 Å². The topological polar surface area (TPSA) is 81.6 Å². The van der Waals surface area contributed by atoms with Gasteiger partial charge in [0.2, 0.25) is 0 Å². The van der Waals surface area contributed by atoms with Gasteiger partial charge < -0.3 is 20.8 Å². The maximum absolute atomic E-state index is 11.7. The Hall–Kier alpha value is -2.11. The Morgan fingerprint density at radius 3 is 2.68 bits per heavy atom. The molecule has 0 aromatic heterocycles. The van der Waals surface area contributed by atoms with Gasteiger partial charge in [0.25, 0.3) is 0 Å². The molecule has 0 aliphatic heterocycles. The molecule has 19 heavy (non-hydrogen) atoms. The van der Waals surface area contributed by atoms with Crippen molar-refractivity contribution in [3.63, 3.8) is 0 Å². The van der Waals surface area contributed by atoms with E-state index in [0.29, 0.717) is 5.69 Å². The number of aliphatic hydroxyl groups is 2. The van der Waals surface area contributed by atoms with Gasteiger partial charge in [-0.15, -0.1) is 0 Å². The van der Waals surface area contributed by atoms with Crippen molar-refractivity contribution >= 4 is 22.5 Å². The van der Waals surface area contributed by atoms with E-state index in [0.717, 1.165) is 10.8 Å². The third-order valence-electron chi connectivity index (χ3n) is 2.75. The first-order chi connectivity index (χ1) is 9.20. The van der Waals surface area contributed by atoms with Gasteiger partial charge in [-0.1, -0.05) is 36.4 Å². The molecule has 2 rings (SSSR count). The van der Waals surface area contributed by atoms with Gasteiger partial charge in [0.15, 0.2) is 0 Å². The number of carbonyl (C=O) groups excluding carboxylic acids is 1. The van der Waals surface area contributed by atoms with Crippen molar-refractivity contribution in [2.75, 3.05) is 18.5 Å². The van der Waals surface area contributed by atoms with Crippen LogP contribution < -0.4 is 10.6 Å². The van der Waals surface area contributed by atoms with Crippen molar-refractivity contribution in [3.8, 4) is 0 Å². The van der Waals surface area contributed by atoms with Gasteiger partial charge in [-0.2, -0.15) is 0 Å². The van der Waals surface area contributed by atoms with Crippen molar-refractivity contribution in [2.45, 2.75) is 6.10 Å². The Bertz CT molecular complexity index is 566. The summed E-state index contributed by atoms with van der Waals surface area (Å²) in [6, 6.07) is 13.0. The van der Waals surface area contributed by atoms with Crippen molar-refractivity contribution < 1.29 is 15.0 Å². The van der Waals surface area contributed by atoms with Gasteiger partial charge in [0.1, 0.15) is 0 Å². The molecule has 1 atom stereocenters. The first-order valence-corrected chi connectivity index (χ1v) is 6.02. The molecule has 5 nitrogen and oxygen atoms in total. The molecule has 0 spiro atoms. The van der Waals surface area contributed by atoms with E-state index in [1.165, 1.54) is 0 Å². The molecule has 0 saturated heterocycles. The summed E-state index contributed by atoms with van der Waals surface area (Å²) in [6.07, 6.45) is -0.946. The van der Waals surface area contributed by atoms with Crippen LogP contribution in [0, 0.1) is 0 Å². The third kappa shape index (κ3) is 3.43. The van der Waals surface area contributed by atoms with Crippen molar-refractivity contribution in [3.05, 3.63) is 42.5 Å². The lowest BCUT2D eigenvalue weighted by atomic mass is 10.1. The van der Waals surface area contributed by atoms with Crippen LogP contribution in [0.15, 0.2) is 42.5 Å². The van der Waals surface area contributed by atoms with Crippen LogP contribution in [0.2, 0.25) is 0 Å². The third-order valence-corrected chi connectivity index (χ3v) is 2.75. The molecule has 2 aromatic carbocycles. The SMILES string of the molecule is O=C(NC[C@@H](O)CO)Nc1cccc2ccccc12. The van der Waals surface area contributed by atoms with E-state index >= 15 is 0 Å². The molecular weight excluding hydrogens is 244 g/mol. The summed E-state index contributed by atoms with van der Waals surface area (Å²) in [5.41, 5.74) is 0.703. The Labute approximate surface area is 110 Å². The van der Waals surface area contributed by atoms with E-state index in [4.69, 9.17) is 10.2 Å².